The maximum atomic E-state index is 5.36. The highest BCUT2D eigenvalue weighted by Crippen LogP contribution is 2.21. The smallest absolute Gasteiger partial charge is 0.249 e. The zero-order valence-corrected chi connectivity index (χ0v) is 16.3. The largest absolute Gasteiger partial charge is 0.421 e. The van der Waals surface area contributed by atoms with Crippen molar-refractivity contribution < 1.29 is 9.15 Å². The number of pyridine rings is 1. The molecule has 0 radical (unpaired) electrons. The third-order valence-corrected chi connectivity index (χ3v) is 4.45. The second-order valence-electron chi connectivity index (χ2n) is 6.56. The molecule has 8 nitrogen and oxygen atoms in total. The van der Waals surface area contributed by atoms with Gasteiger partial charge in [0.1, 0.15) is 0 Å². The number of fused-ring (bicyclic) bond motifs is 1. The first-order chi connectivity index (χ1) is 13.2. The van der Waals surface area contributed by atoms with Crippen LogP contribution in [0.1, 0.15) is 39.0 Å². The topological polar surface area (TPSA) is 90.9 Å². The molecule has 4 heterocycles. The first-order valence-electron chi connectivity index (χ1n) is 9.64. The Labute approximate surface area is 159 Å². The second-order valence-corrected chi connectivity index (χ2v) is 6.56. The molecule has 1 aliphatic heterocycles. The summed E-state index contributed by atoms with van der Waals surface area (Å²) in [7, 11) is 0. The number of ether oxygens (including phenoxy) is 1. The Hall–Kier alpha value is -2.32. The minimum atomic E-state index is 0.487. The van der Waals surface area contributed by atoms with Gasteiger partial charge in [0.05, 0.1) is 11.8 Å². The Kier molecular flexibility index (Phi) is 6.89. The third kappa shape index (κ3) is 5.11. The number of aromatic nitrogens is 5. The van der Waals surface area contributed by atoms with Crippen LogP contribution >= 0.6 is 0 Å². The van der Waals surface area contributed by atoms with Crippen molar-refractivity contribution in [1.29, 1.82) is 0 Å². The lowest BCUT2D eigenvalue weighted by Gasteiger charge is -2.22. The van der Waals surface area contributed by atoms with Gasteiger partial charge in [0.2, 0.25) is 11.8 Å². The van der Waals surface area contributed by atoms with Crippen molar-refractivity contribution in [1.82, 2.24) is 30.3 Å². The highest BCUT2D eigenvalue weighted by Gasteiger charge is 2.11. The molecule has 146 valence electrons. The third-order valence-electron chi connectivity index (χ3n) is 4.45. The van der Waals surface area contributed by atoms with Crippen LogP contribution in [-0.2, 0) is 11.3 Å². The van der Waals surface area contributed by atoms with E-state index in [9.17, 15) is 0 Å². The molecule has 0 aromatic carbocycles. The summed E-state index contributed by atoms with van der Waals surface area (Å²) < 4.78 is 12.4. The van der Waals surface area contributed by atoms with E-state index in [4.69, 9.17) is 9.15 Å². The quantitative estimate of drug-likeness (QED) is 0.736. The molecule has 27 heavy (non-hydrogen) atoms. The minimum absolute atomic E-state index is 0.487. The van der Waals surface area contributed by atoms with E-state index in [1.54, 1.807) is 19.3 Å². The lowest BCUT2D eigenvalue weighted by Crippen LogP contribution is -2.35. The fraction of sp³-hybridized carbons (Fsp3) is 0.579. The van der Waals surface area contributed by atoms with Gasteiger partial charge in [-0.1, -0.05) is 6.92 Å². The van der Waals surface area contributed by atoms with Gasteiger partial charge in [-0.05, 0) is 38.8 Å². The van der Waals surface area contributed by atoms with Crippen LogP contribution in [-0.4, -0.2) is 50.8 Å². The molecule has 0 amide bonds. The summed E-state index contributed by atoms with van der Waals surface area (Å²) in [6, 6.07) is 2.68. The minimum Gasteiger partial charge on any atom is -0.421 e. The van der Waals surface area contributed by atoms with Crippen molar-refractivity contribution in [3.05, 3.63) is 24.4 Å². The van der Waals surface area contributed by atoms with Crippen LogP contribution < -0.4 is 5.32 Å². The standard InChI is InChI=1S/C11H11N5O.C8H17NO/c1-3-16-10-8(6-13-16)4-9(5-12-10)11-15-14-7(2)17-11;1-2-5-9-8-3-6-10-7-4-8/h4-6H,3H2,1-2H3;8-9H,2-7H2,1H3. The monoisotopic (exact) mass is 372 g/mol. The predicted octanol–water partition coefficient (Wildman–Crippen LogP) is 2.97. The van der Waals surface area contributed by atoms with Crippen LogP contribution in [0.15, 0.2) is 22.9 Å². The normalized spacial score (nSPS) is 14.9. The van der Waals surface area contributed by atoms with Crippen molar-refractivity contribution in [2.45, 2.75) is 52.6 Å². The molecular weight excluding hydrogens is 344 g/mol. The molecule has 0 unspecified atom stereocenters. The van der Waals surface area contributed by atoms with Crippen LogP contribution in [0.3, 0.4) is 0 Å². The van der Waals surface area contributed by atoms with E-state index in [-0.39, 0.29) is 0 Å². The Morgan fingerprint density at radius 3 is 2.67 bits per heavy atom. The average Bonchev–Trinajstić information content (AvgIpc) is 3.33. The molecule has 0 aliphatic carbocycles. The van der Waals surface area contributed by atoms with Gasteiger partial charge < -0.3 is 14.5 Å². The van der Waals surface area contributed by atoms with Crippen molar-refractivity contribution in [2.24, 2.45) is 0 Å². The van der Waals surface area contributed by atoms with E-state index in [2.05, 4.69) is 32.5 Å². The zero-order chi connectivity index (χ0) is 19.1. The van der Waals surface area contributed by atoms with Gasteiger partial charge in [0, 0.05) is 44.3 Å². The van der Waals surface area contributed by atoms with Gasteiger partial charge in [0.25, 0.3) is 0 Å². The predicted molar refractivity (Wildman–Crippen MR) is 103 cm³/mol. The average molecular weight is 372 g/mol. The molecule has 1 saturated heterocycles. The highest BCUT2D eigenvalue weighted by atomic mass is 16.5. The molecule has 0 spiro atoms. The van der Waals surface area contributed by atoms with Gasteiger partial charge in [-0.25, -0.2) is 9.67 Å². The Bertz CT molecular complexity index is 838. The van der Waals surface area contributed by atoms with Crippen molar-refractivity contribution in [3.63, 3.8) is 0 Å². The van der Waals surface area contributed by atoms with Crippen LogP contribution in [0.25, 0.3) is 22.5 Å². The maximum absolute atomic E-state index is 5.36. The number of hydrogen-bond acceptors (Lipinski definition) is 7. The highest BCUT2D eigenvalue weighted by molar-refractivity contribution is 5.78. The Morgan fingerprint density at radius 2 is 2.00 bits per heavy atom. The van der Waals surface area contributed by atoms with Gasteiger partial charge in [-0.3, -0.25) is 0 Å². The molecule has 1 N–H and O–H groups in total. The molecule has 0 atom stereocenters. The van der Waals surface area contributed by atoms with Crippen molar-refractivity contribution >= 4 is 11.0 Å². The van der Waals surface area contributed by atoms with Crippen LogP contribution in [0, 0.1) is 6.92 Å². The summed E-state index contributed by atoms with van der Waals surface area (Å²) in [6.07, 6.45) is 7.14. The number of aryl methyl sites for hydroxylation is 2. The first kappa shape index (κ1) is 19.4. The van der Waals surface area contributed by atoms with E-state index in [1.165, 1.54) is 19.3 Å². The lowest BCUT2D eigenvalue weighted by atomic mass is 10.1. The summed E-state index contributed by atoms with van der Waals surface area (Å²) >= 11 is 0. The summed E-state index contributed by atoms with van der Waals surface area (Å²) in [6.45, 7) is 9.84. The SMILES string of the molecule is CCCNC1CCOCC1.CCn1ncc2cc(-c3nnc(C)o3)cnc21. The Balaban J connectivity index is 0.000000180. The maximum Gasteiger partial charge on any atom is 0.249 e. The molecule has 4 rings (SSSR count). The Morgan fingerprint density at radius 1 is 1.19 bits per heavy atom. The summed E-state index contributed by atoms with van der Waals surface area (Å²) in [5.74, 6) is 1.03. The molecule has 3 aromatic rings. The lowest BCUT2D eigenvalue weighted by molar-refractivity contribution is 0.0781. The molecule has 1 aliphatic rings. The van der Waals surface area contributed by atoms with E-state index in [0.29, 0.717) is 11.8 Å². The number of rotatable bonds is 5. The summed E-state index contributed by atoms with van der Waals surface area (Å²) in [4.78, 5) is 4.37. The van der Waals surface area contributed by atoms with E-state index in [0.717, 1.165) is 48.9 Å². The van der Waals surface area contributed by atoms with Crippen LogP contribution in [0.5, 0.6) is 0 Å². The van der Waals surface area contributed by atoms with Gasteiger partial charge in [0.15, 0.2) is 5.65 Å². The van der Waals surface area contributed by atoms with Gasteiger partial charge in [-0.15, -0.1) is 10.2 Å². The fourth-order valence-corrected chi connectivity index (χ4v) is 2.98. The summed E-state index contributed by atoms with van der Waals surface area (Å²) in [5, 5.41) is 16.5. The molecule has 1 fully saturated rings. The first-order valence-corrected chi connectivity index (χ1v) is 9.64. The zero-order valence-electron chi connectivity index (χ0n) is 16.3. The molecule has 0 saturated carbocycles. The number of nitrogens with zero attached hydrogens (tertiary/aromatic N) is 5. The van der Waals surface area contributed by atoms with Crippen LogP contribution in [0.4, 0.5) is 0 Å². The second kappa shape index (κ2) is 9.57. The van der Waals surface area contributed by atoms with Crippen molar-refractivity contribution in [2.75, 3.05) is 19.8 Å². The van der Waals surface area contributed by atoms with E-state index in [1.807, 2.05) is 17.7 Å². The molecular formula is C19H28N6O2. The van der Waals surface area contributed by atoms with Crippen LogP contribution in [0.2, 0.25) is 0 Å². The molecule has 8 heteroatoms. The summed E-state index contributed by atoms with van der Waals surface area (Å²) in [5.41, 5.74) is 1.68. The number of nitrogens with one attached hydrogen (secondary N) is 1. The fourth-order valence-electron chi connectivity index (χ4n) is 2.98. The van der Waals surface area contributed by atoms with E-state index >= 15 is 0 Å². The van der Waals surface area contributed by atoms with Gasteiger partial charge in [-0.2, -0.15) is 5.10 Å². The molecule has 0 bridgehead atoms. The van der Waals surface area contributed by atoms with Crippen molar-refractivity contribution in [3.8, 4) is 11.5 Å². The van der Waals surface area contributed by atoms with E-state index < -0.39 is 0 Å². The van der Waals surface area contributed by atoms with Gasteiger partial charge >= 0.3 is 0 Å². The molecule has 3 aromatic heterocycles. The number of hydrogen-bond donors (Lipinski definition) is 1.